The van der Waals surface area contributed by atoms with Gasteiger partial charge in [0.25, 0.3) is 0 Å². The fraction of sp³-hybridized carbons (Fsp3) is 0.643. The smallest absolute Gasteiger partial charge is 0.341 e. The molecular weight excluding hydrogens is 266 g/mol. The number of methoxy groups -OCH3 is 2. The summed E-state index contributed by atoms with van der Waals surface area (Å²) in [4.78, 5) is 11.9. The van der Waals surface area contributed by atoms with Gasteiger partial charge in [0, 0.05) is 25.0 Å². The highest BCUT2D eigenvalue weighted by Crippen LogP contribution is 2.34. The van der Waals surface area contributed by atoms with Crippen molar-refractivity contribution in [2.24, 2.45) is 0 Å². The number of hydrogen-bond acceptors (Lipinski definition) is 3. The van der Waals surface area contributed by atoms with Gasteiger partial charge in [-0.15, -0.1) is 0 Å². The van der Waals surface area contributed by atoms with Gasteiger partial charge in [0.2, 0.25) is 0 Å². The maximum atomic E-state index is 11.9. The van der Waals surface area contributed by atoms with Gasteiger partial charge in [0.1, 0.15) is 0 Å². The zero-order chi connectivity index (χ0) is 14.6. The summed E-state index contributed by atoms with van der Waals surface area (Å²) in [5.41, 5.74) is 2.29. The normalized spacial score (nSPS) is 12.5. The van der Waals surface area contributed by atoms with Crippen LogP contribution in [0.4, 0.5) is 0 Å². The van der Waals surface area contributed by atoms with Gasteiger partial charge in [-0.3, -0.25) is 0 Å². The summed E-state index contributed by atoms with van der Waals surface area (Å²) in [7, 11) is 3.03. The molecule has 4 nitrogen and oxygen atoms in total. The molecule has 5 heteroatoms. The highest BCUT2D eigenvalue weighted by molar-refractivity contribution is 6.34. The Morgan fingerprint density at radius 2 is 2.05 bits per heavy atom. The van der Waals surface area contributed by atoms with E-state index in [4.69, 9.17) is 21.1 Å². The van der Waals surface area contributed by atoms with E-state index in [2.05, 4.69) is 18.4 Å². The van der Waals surface area contributed by atoms with Gasteiger partial charge in [-0.25, -0.2) is 4.79 Å². The van der Waals surface area contributed by atoms with Crippen molar-refractivity contribution in [2.75, 3.05) is 20.8 Å². The third-order valence-electron chi connectivity index (χ3n) is 3.49. The van der Waals surface area contributed by atoms with E-state index in [1.54, 1.807) is 7.11 Å². The van der Waals surface area contributed by atoms with Crippen LogP contribution in [0.15, 0.2) is 0 Å². The highest BCUT2D eigenvalue weighted by atomic mass is 35.5. The molecule has 0 aliphatic carbocycles. The topological polar surface area (TPSA) is 40.5 Å². The lowest BCUT2D eigenvalue weighted by Crippen LogP contribution is -2.12. The number of rotatable bonds is 6. The fourth-order valence-corrected chi connectivity index (χ4v) is 2.71. The zero-order valence-corrected chi connectivity index (χ0v) is 13.0. The van der Waals surface area contributed by atoms with Crippen molar-refractivity contribution < 1.29 is 14.3 Å². The van der Waals surface area contributed by atoms with Crippen molar-refractivity contribution in [1.82, 2.24) is 4.57 Å². The van der Waals surface area contributed by atoms with Crippen LogP contribution in [0.25, 0.3) is 0 Å². The largest absolute Gasteiger partial charge is 0.465 e. The van der Waals surface area contributed by atoms with Crippen molar-refractivity contribution in [3.63, 3.8) is 0 Å². The minimum absolute atomic E-state index is 0.279. The number of hydrogen-bond donors (Lipinski definition) is 0. The first kappa shape index (κ1) is 16.1. The zero-order valence-electron chi connectivity index (χ0n) is 12.2. The van der Waals surface area contributed by atoms with Gasteiger partial charge in [-0.1, -0.05) is 25.4 Å². The average molecular weight is 288 g/mol. The second kappa shape index (κ2) is 6.96. The van der Waals surface area contributed by atoms with E-state index in [-0.39, 0.29) is 11.9 Å². The molecule has 1 aromatic heterocycles. The third kappa shape index (κ3) is 3.12. The first-order chi connectivity index (χ1) is 8.99. The molecule has 0 aromatic carbocycles. The number of carbonyl (C=O) groups excluding carboxylic acids is 1. The van der Waals surface area contributed by atoms with Crippen LogP contribution in [0, 0.1) is 6.92 Å². The Morgan fingerprint density at radius 1 is 1.42 bits per heavy atom. The number of nitrogens with zero attached hydrogens (tertiary/aromatic N) is 1. The highest BCUT2D eigenvalue weighted by Gasteiger charge is 2.26. The van der Waals surface area contributed by atoms with Gasteiger partial charge >= 0.3 is 5.97 Å². The van der Waals surface area contributed by atoms with Crippen LogP contribution in [-0.4, -0.2) is 31.4 Å². The molecule has 0 aliphatic heterocycles. The molecule has 0 fully saturated rings. The molecule has 1 heterocycles. The van der Waals surface area contributed by atoms with E-state index in [0.29, 0.717) is 23.7 Å². The van der Waals surface area contributed by atoms with Gasteiger partial charge in [-0.05, 0) is 19.3 Å². The number of ether oxygens (including phenoxy) is 2. The minimum Gasteiger partial charge on any atom is -0.465 e. The fourth-order valence-electron chi connectivity index (χ4n) is 2.21. The second-order valence-corrected chi connectivity index (χ2v) is 4.98. The second-order valence-electron chi connectivity index (χ2n) is 4.60. The molecule has 19 heavy (non-hydrogen) atoms. The van der Waals surface area contributed by atoms with E-state index < -0.39 is 0 Å². The van der Waals surface area contributed by atoms with Crippen LogP contribution in [-0.2, 0) is 16.0 Å². The molecule has 1 atom stereocenters. The molecule has 0 saturated heterocycles. The Kier molecular flexibility index (Phi) is 5.88. The lowest BCUT2D eigenvalue weighted by Gasteiger charge is -2.15. The number of halogens is 1. The van der Waals surface area contributed by atoms with Crippen molar-refractivity contribution in [3.8, 4) is 0 Å². The van der Waals surface area contributed by atoms with Crippen molar-refractivity contribution in [2.45, 2.75) is 39.7 Å². The molecule has 1 rings (SSSR count). The van der Waals surface area contributed by atoms with Crippen LogP contribution in [0.3, 0.4) is 0 Å². The van der Waals surface area contributed by atoms with Crippen molar-refractivity contribution in [1.29, 1.82) is 0 Å². The van der Waals surface area contributed by atoms with E-state index >= 15 is 0 Å². The molecule has 1 aromatic rings. The predicted octanol–water partition coefficient (Wildman–Crippen LogP) is 3.40. The number of esters is 1. The Hall–Kier alpha value is -1.00. The molecule has 0 saturated carbocycles. The van der Waals surface area contributed by atoms with Gasteiger partial charge in [0.15, 0.2) is 0 Å². The molecule has 0 N–H and O–H groups in total. The summed E-state index contributed by atoms with van der Waals surface area (Å²) in [6.45, 7) is 7.35. The summed E-state index contributed by atoms with van der Waals surface area (Å²) < 4.78 is 12.0. The minimum atomic E-state index is -0.386. The summed E-state index contributed by atoms with van der Waals surface area (Å²) in [5, 5.41) is 0.509. The Bertz CT molecular complexity index is 454. The Labute approximate surface area is 119 Å². The molecule has 0 aliphatic rings. The lowest BCUT2D eigenvalue weighted by molar-refractivity contribution is 0.0600. The SMILES string of the molecule is CCC(C)c1c(Cl)c(C(=O)OC)c(C)n1CCOC. The first-order valence-electron chi connectivity index (χ1n) is 6.45. The van der Waals surface area contributed by atoms with Gasteiger partial charge < -0.3 is 14.0 Å². The van der Waals surface area contributed by atoms with E-state index in [0.717, 1.165) is 17.8 Å². The Balaban J connectivity index is 3.37. The van der Waals surface area contributed by atoms with Gasteiger partial charge in [-0.2, -0.15) is 0 Å². The first-order valence-corrected chi connectivity index (χ1v) is 6.83. The molecular formula is C14H22ClNO3. The standard InChI is InChI=1S/C14H22ClNO3/c1-6-9(2)13-12(15)11(14(17)19-5)10(3)16(13)7-8-18-4/h9H,6-8H2,1-5H3. The van der Waals surface area contributed by atoms with E-state index in [9.17, 15) is 4.79 Å². The maximum Gasteiger partial charge on any atom is 0.341 e. The third-order valence-corrected chi connectivity index (χ3v) is 3.87. The Morgan fingerprint density at radius 3 is 2.53 bits per heavy atom. The number of aromatic nitrogens is 1. The molecule has 0 bridgehead atoms. The monoisotopic (exact) mass is 287 g/mol. The molecule has 1 unspecified atom stereocenters. The van der Waals surface area contributed by atoms with E-state index in [1.807, 2.05) is 6.92 Å². The molecule has 0 amide bonds. The summed E-state index contributed by atoms with van der Waals surface area (Å²) in [6.07, 6.45) is 0.955. The van der Waals surface area contributed by atoms with Crippen LogP contribution in [0.2, 0.25) is 5.02 Å². The van der Waals surface area contributed by atoms with Gasteiger partial charge in [0.05, 0.1) is 24.3 Å². The molecule has 0 radical (unpaired) electrons. The molecule has 108 valence electrons. The maximum absolute atomic E-state index is 11.9. The van der Waals surface area contributed by atoms with Crippen LogP contribution in [0.5, 0.6) is 0 Å². The predicted molar refractivity (Wildman–Crippen MR) is 76.1 cm³/mol. The van der Waals surface area contributed by atoms with Crippen LogP contribution >= 0.6 is 11.6 Å². The summed E-state index contributed by atoms with van der Waals surface area (Å²) in [5.74, 6) is -0.107. The number of carbonyl (C=O) groups is 1. The average Bonchev–Trinajstić information content (AvgIpc) is 2.65. The summed E-state index contributed by atoms with van der Waals surface area (Å²) in [6, 6.07) is 0. The van der Waals surface area contributed by atoms with Crippen molar-refractivity contribution >= 4 is 17.6 Å². The van der Waals surface area contributed by atoms with Crippen molar-refractivity contribution in [3.05, 3.63) is 22.0 Å². The summed E-state index contributed by atoms with van der Waals surface area (Å²) >= 11 is 6.40. The quantitative estimate of drug-likeness (QED) is 0.753. The van der Waals surface area contributed by atoms with Crippen LogP contribution in [0.1, 0.15) is 47.9 Å². The van der Waals surface area contributed by atoms with E-state index in [1.165, 1.54) is 7.11 Å². The molecule has 0 spiro atoms. The van der Waals surface area contributed by atoms with Crippen LogP contribution < -0.4 is 0 Å². The lowest BCUT2D eigenvalue weighted by atomic mass is 10.0.